The number of nitrogens with zero attached hydrogens (tertiary/aromatic N) is 2. The molecule has 3 N–H and O–H groups in total. The highest BCUT2D eigenvalue weighted by molar-refractivity contribution is 9.10. The van der Waals surface area contributed by atoms with Gasteiger partial charge in [-0.15, -0.1) is 0 Å². The van der Waals surface area contributed by atoms with Gasteiger partial charge in [-0.25, -0.2) is 4.98 Å². The summed E-state index contributed by atoms with van der Waals surface area (Å²) >= 11 is 3.36. The molecule has 0 spiro atoms. The fourth-order valence-corrected chi connectivity index (χ4v) is 1.75. The predicted molar refractivity (Wildman–Crippen MR) is 69.6 cm³/mol. The minimum Gasteiger partial charge on any atom is -0.464 e. The van der Waals surface area contributed by atoms with Crippen molar-refractivity contribution in [1.82, 2.24) is 9.97 Å². The van der Waals surface area contributed by atoms with E-state index in [2.05, 4.69) is 31.2 Å². The molecular formula is C11H13BrN4O. The first-order valence-corrected chi connectivity index (χ1v) is 5.96. The summed E-state index contributed by atoms with van der Waals surface area (Å²) in [5, 5.41) is 3.21. The van der Waals surface area contributed by atoms with E-state index >= 15 is 0 Å². The van der Waals surface area contributed by atoms with Gasteiger partial charge in [0.2, 0.25) is 5.95 Å². The van der Waals surface area contributed by atoms with Crippen molar-refractivity contribution in [2.24, 2.45) is 0 Å². The Bertz CT molecular complexity index is 526. The summed E-state index contributed by atoms with van der Waals surface area (Å²) < 4.78 is 6.30. The van der Waals surface area contributed by atoms with Crippen LogP contribution in [0.25, 0.3) is 0 Å². The molecule has 17 heavy (non-hydrogen) atoms. The molecule has 2 heterocycles. The summed E-state index contributed by atoms with van der Waals surface area (Å²) in [6, 6.07) is 3.87. The minimum atomic E-state index is 0.00861. The van der Waals surface area contributed by atoms with Crippen molar-refractivity contribution in [3.05, 3.63) is 34.3 Å². The van der Waals surface area contributed by atoms with Crippen LogP contribution in [0.3, 0.4) is 0 Å². The molecule has 1 atom stereocenters. The monoisotopic (exact) mass is 296 g/mol. The Morgan fingerprint density at radius 1 is 1.47 bits per heavy atom. The zero-order valence-corrected chi connectivity index (χ0v) is 11.2. The maximum absolute atomic E-state index is 5.54. The van der Waals surface area contributed by atoms with Crippen LogP contribution in [-0.2, 0) is 0 Å². The third-order valence-corrected chi connectivity index (χ3v) is 2.88. The van der Waals surface area contributed by atoms with E-state index in [4.69, 9.17) is 10.2 Å². The number of anilines is 2. The van der Waals surface area contributed by atoms with Gasteiger partial charge >= 0.3 is 0 Å². The van der Waals surface area contributed by atoms with E-state index in [1.165, 1.54) is 0 Å². The molecule has 1 unspecified atom stereocenters. The quantitative estimate of drug-likeness (QED) is 0.911. The van der Waals surface area contributed by atoms with E-state index in [0.717, 1.165) is 16.0 Å². The number of aromatic nitrogens is 2. The minimum absolute atomic E-state index is 0.00861. The maximum Gasteiger partial charge on any atom is 0.221 e. The Morgan fingerprint density at radius 3 is 2.88 bits per heavy atom. The van der Waals surface area contributed by atoms with Gasteiger partial charge in [-0.1, -0.05) is 0 Å². The molecule has 0 aliphatic carbocycles. The fourth-order valence-electron chi connectivity index (χ4n) is 1.44. The second kappa shape index (κ2) is 4.75. The smallest absolute Gasteiger partial charge is 0.221 e. The normalized spacial score (nSPS) is 12.4. The topological polar surface area (TPSA) is 77.0 Å². The first kappa shape index (κ1) is 11.9. The summed E-state index contributed by atoms with van der Waals surface area (Å²) in [6.45, 7) is 3.90. The van der Waals surface area contributed by atoms with Gasteiger partial charge in [0.1, 0.15) is 17.3 Å². The lowest BCUT2D eigenvalue weighted by atomic mass is 10.2. The first-order valence-electron chi connectivity index (χ1n) is 5.17. The first-order chi connectivity index (χ1) is 8.06. The van der Waals surface area contributed by atoms with Crippen LogP contribution in [0.15, 0.2) is 27.2 Å². The average molecular weight is 297 g/mol. The highest BCUT2D eigenvalue weighted by Crippen LogP contribution is 2.25. The van der Waals surface area contributed by atoms with Crippen molar-refractivity contribution in [2.45, 2.75) is 19.9 Å². The molecule has 0 aliphatic heterocycles. The van der Waals surface area contributed by atoms with Crippen molar-refractivity contribution in [1.29, 1.82) is 0 Å². The molecular weight excluding hydrogens is 284 g/mol. The number of nitrogens with two attached hydrogens (primary N) is 1. The van der Waals surface area contributed by atoms with Gasteiger partial charge < -0.3 is 15.5 Å². The van der Waals surface area contributed by atoms with Gasteiger partial charge in [-0.3, -0.25) is 0 Å². The SMILES string of the molecule is Cc1ccc(C(C)Nc2nc(N)ncc2Br)o1. The third kappa shape index (κ3) is 2.76. The van der Waals surface area contributed by atoms with Gasteiger partial charge in [0, 0.05) is 6.20 Å². The number of aryl methyl sites for hydroxylation is 1. The van der Waals surface area contributed by atoms with Crippen LogP contribution in [0.1, 0.15) is 24.5 Å². The van der Waals surface area contributed by atoms with Crippen molar-refractivity contribution < 1.29 is 4.42 Å². The highest BCUT2D eigenvalue weighted by Gasteiger charge is 2.12. The highest BCUT2D eigenvalue weighted by atomic mass is 79.9. The second-order valence-electron chi connectivity index (χ2n) is 3.74. The van der Waals surface area contributed by atoms with Crippen LogP contribution >= 0.6 is 15.9 Å². The van der Waals surface area contributed by atoms with Crippen LogP contribution in [0, 0.1) is 6.92 Å². The Morgan fingerprint density at radius 2 is 2.24 bits per heavy atom. The second-order valence-corrected chi connectivity index (χ2v) is 4.59. The molecule has 0 bridgehead atoms. The van der Waals surface area contributed by atoms with Gasteiger partial charge in [0.15, 0.2) is 0 Å². The van der Waals surface area contributed by atoms with Gasteiger partial charge in [-0.05, 0) is 41.9 Å². The van der Waals surface area contributed by atoms with Crippen molar-refractivity contribution in [3.8, 4) is 0 Å². The summed E-state index contributed by atoms with van der Waals surface area (Å²) in [6.07, 6.45) is 1.62. The predicted octanol–water partition coefficient (Wildman–Crippen LogP) is 2.90. The van der Waals surface area contributed by atoms with Gasteiger partial charge in [0.05, 0.1) is 10.5 Å². The van der Waals surface area contributed by atoms with E-state index in [1.807, 2.05) is 26.0 Å². The molecule has 0 saturated carbocycles. The molecule has 2 rings (SSSR count). The number of nitrogens with one attached hydrogen (secondary N) is 1. The number of hydrogen-bond acceptors (Lipinski definition) is 5. The lowest BCUT2D eigenvalue weighted by Gasteiger charge is -2.13. The molecule has 0 fully saturated rings. The lowest BCUT2D eigenvalue weighted by Crippen LogP contribution is -2.09. The van der Waals surface area contributed by atoms with Gasteiger partial charge in [0.25, 0.3) is 0 Å². The Labute approximate surface area is 108 Å². The zero-order valence-electron chi connectivity index (χ0n) is 9.57. The third-order valence-electron chi connectivity index (χ3n) is 2.30. The number of nitrogen functional groups attached to an aromatic ring is 1. The van der Waals surface area contributed by atoms with E-state index in [9.17, 15) is 0 Å². The van der Waals surface area contributed by atoms with E-state index in [-0.39, 0.29) is 12.0 Å². The largest absolute Gasteiger partial charge is 0.464 e. The van der Waals surface area contributed by atoms with Crippen LogP contribution < -0.4 is 11.1 Å². The van der Waals surface area contributed by atoms with E-state index in [0.29, 0.717) is 5.82 Å². The summed E-state index contributed by atoms with van der Waals surface area (Å²) in [5.41, 5.74) is 5.54. The summed E-state index contributed by atoms with van der Waals surface area (Å²) in [7, 11) is 0. The molecule has 0 radical (unpaired) electrons. The molecule has 2 aromatic heterocycles. The number of halogens is 1. The van der Waals surface area contributed by atoms with Crippen molar-refractivity contribution >= 4 is 27.7 Å². The van der Waals surface area contributed by atoms with Crippen LogP contribution in [0.2, 0.25) is 0 Å². The fraction of sp³-hybridized carbons (Fsp3) is 0.273. The molecule has 90 valence electrons. The number of rotatable bonds is 3. The van der Waals surface area contributed by atoms with Gasteiger partial charge in [-0.2, -0.15) is 4.98 Å². The molecule has 2 aromatic rings. The zero-order chi connectivity index (χ0) is 12.4. The lowest BCUT2D eigenvalue weighted by molar-refractivity contribution is 0.466. The van der Waals surface area contributed by atoms with Crippen LogP contribution in [0.4, 0.5) is 11.8 Å². The van der Waals surface area contributed by atoms with E-state index < -0.39 is 0 Å². The molecule has 0 aliphatic rings. The molecule has 0 saturated heterocycles. The standard InChI is InChI=1S/C11H13BrN4O/c1-6-3-4-9(17-6)7(2)15-10-8(12)5-14-11(13)16-10/h3-5,7H,1-2H3,(H3,13,14,15,16). The van der Waals surface area contributed by atoms with Crippen molar-refractivity contribution in [2.75, 3.05) is 11.1 Å². The Kier molecular flexibility index (Phi) is 3.33. The molecule has 0 amide bonds. The van der Waals surface area contributed by atoms with Crippen molar-refractivity contribution in [3.63, 3.8) is 0 Å². The summed E-state index contributed by atoms with van der Waals surface area (Å²) in [5.74, 6) is 2.62. The molecule has 5 nitrogen and oxygen atoms in total. The average Bonchev–Trinajstić information content (AvgIpc) is 2.70. The van der Waals surface area contributed by atoms with Crippen LogP contribution in [0.5, 0.6) is 0 Å². The maximum atomic E-state index is 5.54. The van der Waals surface area contributed by atoms with E-state index in [1.54, 1.807) is 6.20 Å². The molecule has 6 heteroatoms. The number of furan rings is 1. The van der Waals surface area contributed by atoms with Crippen LogP contribution in [-0.4, -0.2) is 9.97 Å². The summed E-state index contributed by atoms with van der Waals surface area (Å²) in [4.78, 5) is 7.99. The number of hydrogen-bond donors (Lipinski definition) is 2. The Hall–Kier alpha value is -1.56. The Balaban J connectivity index is 2.18. The molecule has 0 aromatic carbocycles.